The Morgan fingerprint density at radius 1 is 1.42 bits per heavy atom. The molecule has 2 heterocycles. The number of carbonyl (C=O) groups is 1. The summed E-state index contributed by atoms with van der Waals surface area (Å²) < 4.78 is 0. The Morgan fingerprint density at radius 2 is 2.26 bits per heavy atom. The predicted octanol–water partition coefficient (Wildman–Crippen LogP) is 2.86. The summed E-state index contributed by atoms with van der Waals surface area (Å²) in [5, 5.41) is 3.88. The third-order valence-corrected chi connectivity index (χ3v) is 4.02. The van der Waals surface area contributed by atoms with Crippen molar-refractivity contribution in [2.24, 2.45) is 0 Å². The predicted molar refractivity (Wildman–Crippen MR) is 76.3 cm³/mol. The molecule has 1 amide bonds. The Bertz CT molecular complexity index is 729. The third kappa shape index (κ3) is 2.24. The number of H-pyrrole nitrogens is 1. The van der Waals surface area contributed by atoms with E-state index in [0.29, 0.717) is 12.1 Å². The Hall–Kier alpha value is -2.14. The van der Waals surface area contributed by atoms with Crippen LogP contribution in [-0.2, 0) is 6.54 Å². The molecule has 0 spiro atoms. The quantitative estimate of drug-likeness (QED) is 0.769. The van der Waals surface area contributed by atoms with Crippen molar-refractivity contribution in [3.63, 3.8) is 0 Å². The largest absolute Gasteiger partial charge is 0.360 e. The topological polar surface area (TPSA) is 57.8 Å². The van der Waals surface area contributed by atoms with Gasteiger partial charge in [-0.15, -0.1) is 11.3 Å². The molecule has 0 unspecified atom stereocenters. The van der Waals surface area contributed by atoms with Crippen LogP contribution < -0.4 is 5.32 Å². The number of aromatic nitrogens is 2. The summed E-state index contributed by atoms with van der Waals surface area (Å²) >= 11 is 1.56. The van der Waals surface area contributed by atoms with Crippen LogP contribution in [0.25, 0.3) is 10.9 Å². The van der Waals surface area contributed by atoms with Crippen LogP contribution in [0.2, 0.25) is 0 Å². The molecule has 3 aromatic rings. The molecule has 1 aromatic carbocycles. The fourth-order valence-corrected chi connectivity index (χ4v) is 2.73. The van der Waals surface area contributed by atoms with Gasteiger partial charge < -0.3 is 10.3 Å². The van der Waals surface area contributed by atoms with E-state index in [-0.39, 0.29) is 5.91 Å². The van der Waals surface area contributed by atoms with Crippen molar-refractivity contribution in [1.82, 2.24) is 15.3 Å². The second kappa shape index (κ2) is 4.85. The van der Waals surface area contributed by atoms with Crippen molar-refractivity contribution < 1.29 is 4.79 Å². The number of hydrogen-bond acceptors (Lipinski definition) is 3. The summed E-state index contributed by atoms with van der Waals surface area (Å²) in [5.41, 5.74) is 4.42. The maximum atomic E-state index is 12.2. The number of nitrogens with one attached hydrogen (secondary N) is 2. The molecule has 96 valence electrons. The van der Waals surface area contributed by atoms with E-state index in [9.17, 15) is 4.79 Å². The monoisotopic (exact) mass is 271 g/mol. The summed E-state index contributed by atoms with van der Waals surface area (Å²) in [5.74, 6) is -0.0646. The maximum absolute atomic E-state index is 12.2. The number of thiazole rings is 1. The first-order chi connectivity index (χ1) is 9.25. The lowest BCUT2D eigenvalue weighted by Gasteiger charge is -2.03. The average Bonchev–Trinajstić information content (AvgIpc) is 3.02. The summed E-state index contributed by atoms with van der Waals surface area (Å²) in [6.45, 7) is 2.47. The highest BCUT2D eigenvalue weighted by Crippen LogP contribution is 2.18. The molecule has 0 aliphatic heterocycles. The average molecular weight is 271 g/mol. The van der Waals surface area contributed by atoms with Gasteiger partial charge in [-0.2, -0.15) is 0 Å². The van der Waals surface area contributed by atoms with Crippen LogP contribution in [0.5, 0.6) is 0 Å². The van der Waals surface area contributed by atoms with Crippen molar-refractivity contribution in [1.29, 1.82) is 0 Å². The van der Waals surface area contributed by atoms with E-state index < -0.39 is 0 Å². The smallest absolute Gasteiger partial charge is 0.253 e. The lowest BCUT2D eigenvalue weighted by Crippen LogP contribution is -2.22. The fraction of sp³-hybridized carbons (Fsp3) is 0.143. The molecule has 0 fully saturated rings. The summed E-state index contributed by atoms with van der Waals surface area (Å²) in [6.07, 6.45) is 1.75. The van der Waals surface area contributed by atoms with Crippen LogP contribution >= 0.6 is 11.3 Å². The number of para-hydroxylation sites is 1. The van der Waals surface area contributed by atoms with E-state index in [4.69, 9.17) is 0 Å². The zero-order chi connectivity index (χ0) is 13.2. The lowest BCUT2D eigenvalue weighted by atomic mass is 10.1. The molecule has 0 radical (unpaired) electrons. The summed E-state index contributed by atoms with van der Waals surface area (Å²) in [4.78, 5) is 20.5. The van der Waals surface area contributed by atoms with Gasteiger partial charge in [0.2, 0.25) is 0 Å². The van der Waals surface area contributed by atoms with Crippen LogP contribution in [0, 0.1) is 6.92 Å². The number of fused-ring (bicyclic) bond motifs is 1. The molecule has 2 N–H and O–H groups in total. The van der Waals surface area contributed by atoms with Crippen LogP contribution in [0.15, 0.2) is 36.0 Å². The normalized spacial score (nSPS) is 10.8. The molecule has 2 aromatic heterocycles. The second-order valence-corrected chi connectivity index (χ2v) is 5.23. The van der Waals surface area contributed by atoms with Crippen molar-refractivity contribution in [2.75, 3.05) is 0 Å². The standard InChI is InChI=1S/C14H13N3OS/c1-9-13(19-8-17-9)7-16-14(18)11-6-15-12-5-3-2-4-10(11)12/h2-6,8,15H,7H2,1H3,(H,16,18). The molecule has 5 heteroatoms. The minimum atomic E-state index is -0.0646. The van der Waals surface area contributed by atoms with Gasteiger partial charge in [0, 0.05) is 22.0 Å². The van der Waals surface area contributed by atoms with Crippen LogP contribution in [0.3, 0.4) is 0 Å². The molecule has 3 rings (SSSR count). The Kier molecular flexibility index (Phi) is 3.05. The van der Waals surface area contributed by atoms with Gasteiger partial charge >= 0.3 is 0 Å². The first kappa shape index (κ1) is 11.9. The van der Waals surface area contributed by atoms with Gasteiger partial charge in [0.05, 0.1) is 23.3 Å². The number of benzene rings is 1. The third-order valence-electron chi connectivity index (χ3n) is 3.09. The molecule has 0 bridgehead atoms. The Labute approximate surface area is 114 Å². The molecule has 0 aliphatic rings. The second-order valence-electron chi connectivity index (χ2n) is 4.29. The number of aryl methyl sites for hydroxylation is 1. The number of carbonyl (C=O) groups excluding carboxylic acids is 1. The number of rotatable bonds is 3. The zero-order valence-electron chi connectivity index (χ0n) is 10.4. The number of amides is 1. The fourth-order valence-electron chi connectivity index (χ4n) is 2.01. The van der Waals surface area contributed by atoms with Crippen molar-refractivity contribution in [2.45, 2.75) is 13.5 Å². The molecule has 19 heavy (non-hydrogen) atoms. The molecule has 0 saturated heterocycles. The highest BCUT2D eigenvalue weighted by atomic mass is 32.1. The highest BCUT2D eigenvalue weighted by molar-refractivity contribution is 7.09. The maximum Gasteiger partial charge on any atom is 0.253 e. The van der Waals surface area contributed by atoms with Gasteiger partial charge in [0.1, 0.15) is 0 Å². The van der Waals surface area contributed by atoms with Gasteiger partial charge in [-0.3, -0.25) is 4.79 Å². The minimum Gasteiger partial charge on any atom is -0.360 e. The zero-order valence-corrected chi connectivity index (χ0v) is 11.3. The highest BCUT2D eigenvalue weighted by Gasteiger charge is 2.12. The van der Waals surface area contributed by atoms with Crippen molar-refractivity contribution >= 4 is 28.1 Å². The molecule has 0 atom stereocenters. The van der Waals surface area contributed by atoms with Crippen LogP contribution in [-0.4, -0.2) is 15.9 Å². The molecule has 0 saturated carbocycles. The van der Waals surface area contributed by atoms with E-state index in [1.807, 2.05) is 31.2 Å². The first-order valence-electron chi connectivity index (χ1n) is 5.99. The van der Waals surface area contributed by atoms with Gasteiger partial charge in [0.15, 0.2) is 0 Å². The van der Waals surface area contributed by atoms with E-state index in [1.54, 1.807) is 23.0 Å². The van der Waals surface area contributed by atoms with Gasteiger partial charge in [-0.05, 0) is 13.0 Å². The van der Waals surface area contributed by atoms with Gasteiger partial charge in [-0.25, -0.2) is 4.98 Å². The van der Waals surface area contributed by atoms with Crippen LogP contribution in [0.4, 0.5) is 0 Å². The molecule has 0 aliphatic carbocycles. The van der Waals surface area contributed by atoms with Gasteiger partial charge in [0.25, 0.3) is 5.91 Å². The van der Waals surface area contributed by atoms with E-state index in [0.717, 1.165) is 21.5 Å². The first-order valence-corrected chi connectivity index (χ1v) is 6.87. The van der Waals surface area contributed by atoms with E-state index in [2.05, 4.69) is 15.3 Å². The summed E-state index contributed by atoms with van der Waals surface area (Å²) in [6, 6.07) is 7.78. The van der Waals surface area contributed by atoms with Crippen molar-refractivity contribution in [3.05, 3.63) is 52.1 Å². The van der Waals surface area contributed by atoms with Gasteiger partial charge in [-0.1, -0.05) is 18.2 Å². The van der Waals surface area contributed by atoms with Crippen LogP contribution in [0.1, 0.15) is 20.9 Å². The number of hydrogen-bond donors (Lipinski definition) is 2. The Balaban J connectivity index is 1.79. The molecule has 4 nitrogen and oxygen atoms in total. The molecular formula is C14H13N3OS. The SMILES string of the molecule is Cc1ncsc1CNC(=O)c1c[nH]c2ccccc12. The lowest BCUT2D eigenvalue weighted by molar-refractivity contribution is 0.0953. The number of nitrogens with zero attached hydrogens (tertiary/aromatic N) is 1. The minimum absolute atomic E-state index is 0.0646. The summed E-state index contributed by atoms with van der Waals surface area (Å²) in [7, 11) is 0. The van der Waals surface area contributed by atoms with Crippen molar-refractivity contribution in [3.8, 4) is 0 Å². The number of aromatic amines is 1. The Morgan fingerprint density at radius 3 is 3.05 bits per heavy atom. The van der Waals surface area contributed by atoms with E-state index in [1.165, 1.54) is 0 Å². The molecular weight excluding hydrogens is 258 g/mol. The van der Waals surface area contributed by atoms with E-state index >= 15 is 0 Å².